The van der Waals surface area contributed by atoms with Crippen molar-refractivity contribution >= 4 is 23.2 Å². The van der Waals surface area contributed by atoms with Gasteiger partial charge < -0.3 is 5.32 Å². The van der Waals surface area contributed by atoms with Gasteiger partial charge in [0.05, 0.1) is 0 Å². The Kier molecular flexibility index (Phi) is 2.22. The minimum Gasteiger partial charge on any atom is -0.310 e. The number of hydrogen-bond acceptors (Lipinski definition) is 2. The summed E-state index contributed by atoms with van der Waals surface area (Å²) in [7, 11) is 0. The summed E-state index contributed by atoms with van der Waals surface area (Å²) in [4.78, 5) is 3.88. The normalized spacial score (nSPS) is 22.0. The van der Waals surface area contributed by atoms with Crippen molar-refractivity contribution in [1.82, 2.24) is 10.3 Å². The quantitative estimate of drug-likeness (QED) is 0.709. The smallest absolute Gasteiger partial charge is 0.131 e. The van der Waals surface area contributed by atoms with Gasteiger partial charge in [0.2, 0.25) is 0 Å². The van der Waals surface area contributed by atoms with Crippen LogP contribution in [0.4, 0.5) is 0 Å². The van der Waals surface area contributed by atoms with Crippen molar-refractivity contribution in [3.05, 3.63) is 28.0 Å². The highest BCUT2D eigenvalue weighted by atomic mass is 35.5. The van der Waals surface area contributed by atoms with Crippen LogP contribution in [0.25, 0.3) is 0 Å². The fourth-order valence-electron chi connectivity index (χ4n) is 1.26. The molecule has 0 amide bonds. The van der Waals surface area contributed by atoms with Crippen LogP contribution < -0.4 is 5.32 Å². The summed E-state index contributed by atoms with van der Waals surface area (Å²) in [5, 5.41) is 4.20. The van der Waals surface area contributed by atoms with Crippen LogP contribution >= 0.6 is 23.2 Å². The van der Waals surface area contributed by atoms with Gasteiger partial charge in [-0.2, -0.15) is 0 Å². The molecule has 0 spiro atoms. The highest BCUT2D eigenvalue weighted by molar-refractivity contribution is 6.32. The van der Waals surface area contributed by atoms with Gasteiger partial charge in [-0.15, -0.1) is 0 Å². The molecule has 1 atom stereocenters. The number of rotatable bonds is 1. The molecule has 0 aliphatic carbocycles. The van der Waals surface area contributed by atoms with Gasteiger partial charge in [-0.25, -0.2) is 4.98 Å². The number of nitrogens with zero attached hydrogens (tertiary/aromatic N) is 1. The first-order valence-corrected chi connectivity index (χ1v) is 4.57. The molecule has 2 nitrogen and oxygen atoms in total. The van der Waals surface area contributed by atoms with Gasteiger partial charge in [0.1, 0.15) is 10.3 Å². The van der Waals surface area contributed by atoms with Crippen LogP contribution in [0.2, 0.25) is 10.3 Å². The molecule has 1 fully saturated rings. The van der Waals surface area contributed by atoms with Gasteiger partial charge in [0, 0.05) is 6.04 Å². The summed E-state index contributed by atoms with van der Waals surface area (Å²) in [6.45, 7) is 1.07. The zero-order valence-electron chi connectivity index (χ0n) is 6.35. The van der Waals surface area contributed by atoms with E-state index in [-0.39, 0.29) is 0 Å². The summed E-state index contributed by atoms with van der Waals surface area (Å²) >= 11 is 11.5. The second-order valence-corrected chi connectivity index (χ2v) is 3.62. The van der Waals surface area contributed by atoms with E-state index in [4.69, 9.17) is 23.2 Å². The van der Waals surface area contributed by atoms with E-state index in [1.54, 1.807) is 0 Å². The van der Waals surface area contributed by atoms with E-state index in [1.165, 1.54) is 0 Å². The number of pyridine rings is 1. The fraction of sp³-hybridized carbons (Fsp3) is 0.375. The Hall–Kier alpha value is -0.310. The van der Waals surface area contributed by atoms with E-state index in [2.05, 4.69) is 10.3 Å². The summed E-state index contributed by atoms with van der Waals surface area (Å²) < 4.78 is 0. The van der Waals surface area contributed by atoms with E-state index in [1.807, 2.05) is 12.1 Å². The molecule has 0 radical (unpaired) electrons. The monoisotopic (exact) mass is 202 g/mol. The minimum absolute atomic E-state index is 0.419. The van der Waals surface area contributed by atoms with Crippen molar-refractivity contribution in [2.75, 3.05) is 6.54 Å². The topological polar surface area (TPSA) is 24.9 Å². The van der Waals surface area contributed by atoms with E-state index in [9.17, 15) is 0 Å². The molecule has 12 heavy (non-hydrogen) atoms. The average molecular weight is 203 g/mol. The Morgan fingerprint density at radius 2 is 1.92 bits per heavy atom. The van der Waals surface area contributed by atoms with Crippen molar-refractivity contribution in [1.29, 1.82) is 0 Å². The van der Waals surface area contributed by atoms with Gasteiger partial charge in [-0.05, 0) is 30.7 Å². The number of nitrogens with one attached hydrogen (secondary N) is 1. The van der Waals surface area contributed by atoms with E-state index in [0.717, 1.165) is 18.5 Å². The van der Waals surface area contributed by atoms with Crippen molar-refractivity contribution in [3.63, 3.8) is 0 Å². The lowest BCUT2D eigenvalue weighted by molar-refractivity contribution is 0.383. The molecule has 64 valence electrons. The third-order valence-electron chi connectivity index (χ3n) is 2.01. The Bertz CT molecular complexity index is 277. The van der Waals surface area contributed by atoms with E-state index >= 15 is 0 Å². The summed E-state index contributed by atoms with van der Waals surface area (Å²) in [6.07, 6.45) is 1.15. The molecule has 1 saturated heterocycles. The second kappa shape index (κ2) is 3.21. The highest BCUT2D eigenvalue weighted by Crippen LogP contribution is 2.26. The average Bonchev–Trinajstić information content (AvgIpc) is 1.79. The van der Waals surface area contributed by atoms with Crippen molar-refractivity contribution < 1.29 is 0 Å². The predicted octanol–water partition coefficient (Wildman–Crippen LogP) is 2.42. The lowest BCUT2D eigenvalue weighted by atomic mass is 9.99. The maximum absolute atomic E-state index is 5.75. The molecule has 1 aliphatic rings. The zero-order chi connectivity index (χ0) is 8.55. The molecular formula is C8H8Cl2N2. The standard InChI is InChI=1S/C8H8Cl2N2/c9-7-3-5(4-8(10)12-7)6-1-2-11-6/h3-4,6,11H,1-2H2/t6-/m0/s1. The summed E-state index contributed by atoms with van der Waals surface area (Å²) in [5.74, 6) is 0. The third-order valence-corrected chi connectivity index (χ3v) is 2.40. The Balaban J connectivity index is 2.30. The first-order valence-electron chi connectivity index (χ1n) is 3.82. The number of halogens is 2. The van der Waals surface area contributed by atoms with Gasteiger partial charge in [0.25, 0.3) is 0 Å². The Morgan fingerprint density at radius 1 is 1.33 bits per heavy atom. The third kappa shape index (κ3) is 1.56. The number of aromatic nitrogens is 1. The fourth-order valence-corrected chi connectivity index (χ4v) is 1.74. The summed E-state index contributed by atoms with van der Waals surface area (Å²) in [6, 6.07) is 4.12. The highest BCUT2D eigenvalue weighted by Gasteiger charge is 2.19. The molecule has 0 aromatic carbocycles. The summed E-state index contributed by atoms with van der Waals surface area (Å²) in [5.41, 5.74) is 1.13. The molecule has 0 bridgehead atoms. The minimum atomic E-state index is 0.419. The van der Waals surface area contributed by atoms with Gasteiger partial charge >= 0.3 is 0 Å². The van der Waals surface area contributed by atoms with Crippen LogP contribution in [0.1, 0.15) is 18.0 Å². The first-order chi connectivity index (χ1) is 5.75. The van der Waals surface area contributed by atoms with Crippen LogP contribution in [0.5, 0.6) is 0 Å². The van der Waals surface area contributed by atoms with Gasteiger partial charge in [0.15, 0.2) is 0 Å². The first kappa shape index (κ1) is 8.30. The van der Waals surface area contributed by atoms with Gasteiger partial charge in [-0.1, -0.05) is 23.2 Å². The molecular weight excluding hydrogens is 195 g/mol. The zero-order valence-corrected chi connectivity index (χ0v) is 7.86. The molecule has 0 unspecified atom stereocenters. The van der Waals surface area contributed by atoms with Crippen LogP contribution in [-0.4, -0.2) is 11.5 Å². The lowest BCUT2D eigenvalue weighted by Crippen LogP contribution is -2.34. The molecule has 1 aliphatic heterocycles. The largest absolute Gasteiger partial charge is 0.310 e. The maximum Gasteiger partial charge on any atom is 0.131 e. The molecule has 0 saturated carbocycles. The van der Waals surface area contributed by atoms with Crippen LogP contribution in [0.3, 0.4) is 0 Å². The van der Waals surface area contributed by atoms with E-state index < -0.39 is 0 Å². The second-order valence-electron chi connectivity index (χ2n) is 2.84. The Labute approximate surface area is 80.9 Å². The van der Waals surface area contributed by atoms with E-state index in [0.29, 0.717) is 16.3 Å². The maximum atomic E-state index is 5.75. The van der Waals surface area contributed by atoms with Crippen LogP contribution in [-0.2, 0) is 0 Å². The van der Waals surface area contributed by atoms with Gasteiger partial charge in [-0.3, -0.25) is 0 Å². The Morgan fingerprint density at radius 3 is 2.33 bits per heavy atom. The molecule has 1 aromatic heterocycles. The molecule has 1 aromatic rings. The van der Waals surface area contributed by atoms with Crippen molar-refractivity contribution in [3.8, 4) is 0 Å². The SMILES string of the molecule is Clc1cc([C@@H]2CCN2)cc(Cl)n1. The predicted molar refractivity (Wildman–Crippen MR) is 49.6 cm³/mol. The van der Waals surface area contributed by atoms with Crippen LogP contribution in [0, 0.1) is 0 Å². The molecule has 2 heterocycles. The van der Waals surface area contributed by atoms with Crippen molar-refractivity contribution in [2.24, 2.45) is 0 Å². The molecule has 2 rings (SSSR count). The van der Waals surface area contributed by atoms with Crippen LogP contribution in [0.15, 0.2) is 12.1 Å². The van der Waals surface area contributed by atoms with Crippen molar-refractivity contribution in [2.45, 2.75) is 12.5 Å². The molecule has 1 N–H and O–H groups in total. The molecule has 4 heteroatoms. The lowest BCUT2D eigenvalue weighted by Gasteiger charge is -2.27. The number of hydrogen-bond donors (Lipinski definition) is 1.